The van der Waals surface area contributed by atoms with Gasteiger partial charge in [0.1, 0.15) is 0 Å². The predicted octanol–water partition coefficient (Wildman–Crippen LogP) is -0.0515. The van der Waals surface area contributed by atoms with Crippen molar-refractivity contribution in [2.45, 2.75) is 13.3 Å². The van der Waals surface area contributed by atoms with E-state index in [1.165, 1.54) is 0 Å². The van der Waals surface area contributed by atoms with Gasteiger partial charge < -0.3 is 9.90 Å². The number of hydrogen-bond donors (Lipinski definition) is 0. The Morgan fingerprint density at radius 1 is 2.00 bits per heavy atom. The molecule has 0 aliphatic heterocycles. The van der Waals surface area contributed by atoms with Gasteiger partial charge in [-0.15, -0.1) is 6.58 Å². The second kappa shape index (κ2) is 3.24. The van der Waals surface area contributed by atoms with Crippen LogP contribution in [0.3, 0.4) is 0 Å². The lowest BCUT2D eigenvalue weighted by Gasteiger charge is -2.07. The summed E-state index contributed by atoms with van der Waals surface area (Å²) in [5.41, 5.74) is 0. The van der Waals surface area contributed by atoms with Crippen LogP contribution in [-0.2, 0) is 4.79 Å². The third-order valence-electron chi connectivity index (χ3n) is 0.923. The van der Waals surface area contributed by atoms with Crippen LogP contribution < -0.4 is 5.11 Å². The normalized spacial score (nSPS) is 12.6. The maximum absolute atomic E-state index is 9.93. The second-order valence-electron chi connectivity index (χ2n) is 1.74. The Balaban J connectivity index is 3.46. The molecule has 0 spiro atoms. The van der Waals surface area contributed by atoms with Gasteiger partial charge in [0.15, 0.2) is 0 Å². The minimum absolute atomic E-state index is 0.396. The van der Waals surface area contributed by atoms with Crippen LogP contribution in [0.25, 0.3) is 0 Å². The van der Waals surface area contributed by atoms with Crippen LogP contribution >= 0.6 is 0 Å². The van der Waals surface area contributed by atoms with Gasteiger partial charge in [0.05, 0.1) is 0 Å². The molecule has 0 aromatic carbocycles. The van der Waals surface area contributed by atoms with Crippen LogP contribution in [0.2, 0.25) is 0 Å². The highest BCUT2D eigenvalue weighted by Crippen LogP contribution is 1.98. The fraction of sp³-hybridized carbons (Fsp3) is 0.500. The van der Waals surface area contributed by atoms with Gasteiger partial charge in [0, 0.05) is 5.97 Å². The lowest BCUT2D eigenvalue weighted by molar-refractivity contribution is -0.310. The molecule has 2 nitrogen and oxygen atoms in total. The first-order valence-electron chi connectivity index (χ1n) is 2.50. The van der Waals surface area contributed by atoms with Crippen LogP contribution in [0.15, 0.2) is 12.7 Å². The number of carbonyl (C=O) groups is 1. The van der Waals surface area contributed by atoms with Gasteiger partial charge >= 0.3 is 0 Å². The molecule has 1 atom stereocenters. The lowest BCUT2D eigenvalue weighted by Crippen LogP contribution is -2.28. The Morgan fingerprint density at radius 3 is 2.62 bits per heavy atom. The summed E-state index contributed by atoms with van der Waals surface area (Å²) in [5, 5.41) is 9.93. The third kappa shape index (κ3) is 2.39. The van der Waals surface area contributed by atoms with Crippen molar-refractivity contribution in [2.24, 2.45) is 5.92 Å². The largest absolute Gasteiger partial charge is 0.550 e. The van der Waals surface area contributed by atoms with Gasteiger partial charge in [-0.2, -0.15) is 0 Å². The number of allylic oxidation sites excluding steroid dienone is 1. The lowest BCUT2D eigenvalue weighted by atomic mass is 10.1. The van der Waals surface area contributed by atoms with E-state index >= 15 is 0 Å². The molecule has 0 amide bonds. The van der Waals surface area contributed by atoms with Gasteiger partial charge in [0.25, 0.3) is 0 Å². The highest BCUT2D eigenvalue weighted by Gasteiger charge is 1.96. The Labute approximate surface area is 48.8 Å². The summed E-state index contributed by atoms with van der Waals surface area (Å²) < 4.78 is 0. The molecule has 0 aromatic heterocycles. The molecule has 0 N–H and O–H groups in total. The molecule has 0 heterocycles. The fourth-order valence-corrected chi connectivity index (χ4v) is 0.346. The molecule has 0 aromatic rings. The van der Waals surface area contributed by atoms with Crippen molar-refractivity contribution in [3.8, 4) is 0 Å². The molecule has 0 bridgehead atoms. The van der Waals surface area contributed by atoms with E-state index in [2.05, 4.69) is 6.58 Å². The Hall–Kier alpha value is -0.790. The van der Waals surface area contributed by atoms with Gasteiger partial charge in [-0.25, -0.2) is 0 Å². The van der Waals surface area contributed by atoms with E-state index in [0.717, 1.165) is 0 Å². The van der Waals surface area contributed by atoms with Gasteiger partial charge in [0.2, 0.25) is 0 Å². The van der Waals surface area contributed by atoms with Crippen molar-refractivity contribution < 1.29 is 9.90 Å². The van der Waals surface area contributed by atoms with E-state index in [9.17, 15) is 9.90 Å². The molecule has 46 valence electrons. The Bertz CT molecular complexity index is 96.7. The molecular formula is C6H9O2-. The van der Waals surface area contributed by atoms with Gasteiger partial charge in [-0.1, -0.05) is 13.0 Å². The quantitative estimate of drug-likeness (QED) is 0.481. The zero-order valence-corrected chi connectivity index (χ0v) is 4.89. The van der Waals surface area contributed by atoms with Crippen molar-refractivity contribution in [2.75, 3.05) is 0 Å². The minimum Gasteiger partial charge on any atom is -0.550 e. The summed E-state index contributed by atoms with van der Waals surface area (Å²) in [6.07, 6.45) is 2.06. The SMILES string of the molecule is C=CCC(C)C(=O)[O-]. The maximum Gasteiger partial charge on any atom is 0.0445 e. The summed E-state index contributed by atoms with van der Waals surface area (Å²) >= 11 is 0. The fourth-order valence-electron chi connectivity index (χ4n) is 0.346. The first-order valence-corrected chi connectivity index (χ1v) is 2.50. The molecular weight excluding hydrogens is 104 g/mol. The summed E-state index contributed by atoms with van der Waals surface area (Å²) in [6.45, 7) is 4.99. The zero-order valence-electron chi connectivity index (χ0n) is 4.89. The topological polar surface area (TPSA) is 40.1 Å². The molecule has 0 rings (SSSR count). The molecule has 0 saturated carbocycles. The van der Waals surface area contributed by atoms with Crippen molar-refractivity contribution in [3.63, 3.8) is 0 Å². The number of rotatable bonds is 3. The molecule has 0 saturated heterocycles. The first-order chi connectivity index (χ1) is 3.68. The van der Waals surface area contributed by atoms with Crippen molar-refractivity contribution >= 4 is 5.97 Å². The standard InChI is InChI=1S/C6H10O2/c1-3-4-5(2)6(7)8/h3,5H,1,4H2,2H3,(H,7,8)/p-1. The summed E-state index contributed by atoms with van der Waals surface area (Å²) in [7, 11) is 0. The van der Waals surface area contributed by atoms with E-state index in [0.29, 0.717) is 6.42 Å². The average Bonchev–Trinajstić information content (AvgIpc) is 1.67. The summed E-state index contributed by atoms with van der Waals surface area (Å²) in [4.78, 5) is 9.93. The van der Waals surface area contributed by atoms with E-state index < -0.39 is 11.9 Å². The zero-order chi connectivity index (χ0) is 6.57. The second-order valence-corrected chi connectivity index (χ2v) is 1.74. The molecule has 0 aliphatic rings. The third-order valence-corrected chi connectivity index (χ3v) is 0.923. The number of carboxylic acid groups (broad SMARTS) is 1. The van der Waals surface area contributed by atoms with Crippen LogP contribution in [-0.4, -0.2) is 5.97 Å². The highest BCUT2D eigenvalue weighted by molar-refractivity contribution is 5.67. The molecule has 1 unspecified atom stereocenters. The number of aliphatic carboxylic acids is 1. The number of carboxylic acids is 1. The Morgan fingerprint density at radius 2 is 2.50 bits per heavy atom. The molecule has 2 heteroatoms. The predicted molar refractivity (Wildman–Crippen MR) is 29.0 cm³/mol. The summed E-state index contributed by atoms with van der Waals surface area (Å²) in [6, 6.07) is 0. The van der Waals surface area contributed by atoms with Crippen molar-refractivity contribution in [1.29, 1.82) is 0 Å². The van der Waals surface area contributed by atoms with Crippen LogP contribution in [0.5, 0.6) is 0 Å². The van der Waals surface area contributed by atoms with E-state index in [1.807, 2.05) is 0 Å². The van der Waals surface area contributed by atoms with Crippen LogP contribution in [0.1, 0.15) is 13.3 Å². The number of carbonyl (C=O) groups excluding carboxylic acids is 1. The molecule has 0 radical (unpaired) electrons. The molecule has 8 heavy (non-hydrogen) atoms. The smallest absolute Gasteiger partial charge is 0.0445 e. The first kappa shape index (κ1) is 7.21. The van der Waals surface area contributed by atoms with Crippen molar-refractivity contribution in [1.82, 2.24) is 0 Å². The average molecular weight is 113 g/mol. The number of hydrogen-bond acceptors (Lipinski definition) is 2. The molecule has 0 fully saturated rings. The van der Waals surface area contributed by atoms with Crippen LogP contribution in [0, 0.1) is 5.92 Å². The summed E-state index contributed by atoms with van der Waals surface area (Å²) in [5.74, 6) is -1.41. The van der Waals surface area contributed by atoms with Gasteiger partial charge in [-0.05, 0) is 12.3 Å². The minimum atomic E-state index is -1.01. The van der Waals surface area contributed by atoms with E-state index in [-0.39, 0.29) is 0 Å². The molecule has 0 aliphatic carbocycles. The van der Waals surface area contributed by atoms with Crippen LogP contribution in [0.4, 0.5) is 0 Å². The monoisotopic (exact) mass is 113 g/mol. The van der Waals surface area contributed by atoms with E-state index in [4.69, 9.17) is 0 Å². The van der Waals surface area contributed by atoms with E-state index in [1.54, 1.807) is 13.0 Å². The highest BCUT2D eigenvalue weighted by atomic mass is 16.4. The maximum atomic E-state index is 9.93. The van der Waals surface area contributed by atoms with Crippen molar-refractivity contribution in [3.05, 3.63) is 12.7 Å². The Kier molecular flexibility index (Phi) is 2.92. The van der Waals surface area contributed by atoms with Gasteiger partial charge in [-0.3, -0.25) is 0 Å².